The monoisotopic (exact) mass is 197 g/mol. The molecule has 1 unspecified atom stereocenters. The van der Waals surface area contributed by atoms with Crippen LogP contribution in [0, 0.1) is 0 Å². The first-order chi connectivity index (χ1) is 6.79. The Balaban J connectivity index is 2.72. The third kappa shape index (κ3) is 2.70. The lowest BCUT2D eigenvalue weighted by Gasteiger charge is -2.12. The normalized spacial score (nSPS) is 12.5. The van der Waals surface area contributed by atoms with E-state index in [4.69, 9.17) is 4.74 Å². The lowest BCUT2D eigenvalue weighted by molar-refractivity contribution is 0.306. The molecule has 78 valence electrons. The smallest absolute Gasteiger partial charge is 0.130 e. The Morgan fingerprint density at radius 1 is 1.43 bits per heavy atom. The first-order valence-electron chi connectivity index (χ1n) is 4.71. The predicted molar refractivity (Wildman–Crippen MR) is 55.4 cm³/mol. The zero-order valence-corrected chi connectivity index (χ0v) is 8.59. The van der Waals surface area contributed by atoms with Crippen LogP contribution < -0.4 is 10.1 Å². The highest BCUT2D eigenvalue weighted by Gasteiger charge is 2.13. The van der Waals surface area contributed by atoms with Crippen LogP contribution in [0.25, 0.3) is 0 Å². The van der Waals surface area contributed by atoms with Gasteiger partial charge in [-0.15, -0.1) is 0 Å². The third-order valence-corrected chi connectivity index (χ3v) is 2.12. The van der Waals surface area contributed by atoms with E-state index in [9.17, 15) is 4.39 Å². The first-order valence-corrected chi connectivity index (χ1v) is 4.71. The maximum Gasteiger partial charge on any atom is 0.130 e. The van der Waals surface area contributed by atoms with Gasteiger partial charge in [-0.05, 0) is 26.1 Å². The van der Waals surface area contributed by atoms with Crippen molar-refractivity contribution in [2.75, 3.05) is 20.7 Å². The molecule has 0 saturated carbocycles. The Morgan fingerprint density at radius 2 is 2.14 bits per heavy atom. The van der Waals surface area contributed by atoms with Crippen LogP contribution in [0.1, 0.15) is 18.2 Å². The van der Waals surface area contributed by atoms with Gasteiger partial charge in [0.05, 0.1) is 7.11 Å². The summed E-state index contributed by atoms with van der Waals surface area (Å²) in [7, 11) is 3.37. The minimum absolute atomic E-state index is 0.469. The Hall–Kier alpha value is -1.09. The molecule has 0 radical (unpaired) electrons. The van der Waals surface area contributed by atoms with Gasteiger partial charge in [0.1, 0.15) is 11.9 Å². The van der Waals surface area contributed by atoms with E-state index >= 15 is 0 Å². The summed E-state index contributed by atoms with van der Waals surface area (Å²) in [6, 6.07) is 7.21. The van der Waals surface area contributed by atoms with Crippen LogP contribution in [-0.4, -0.2) is 20.7 Å². The van der Waals surface area contributed by atoms with E-state index in [1.807, 2.05) is 19.2 Å². The van der Waals surface area contributed by atoms with Gasteiger partial charge in [0, 0.05) is 5.56 Å². The molecule has 0 bridgehead atoms. The maximum atomic E-state index is 13.6. The van der Waals surface area contributed by atoms with Crippen molar-refractivity contribution in [3.8, 4) is 5.75 Å². The molecule has 0 aromatic heterocycles. The Morgan fingerprint density at radius 3 is 2.79 bits per heavy atom. The Bertz CT molecular complexity index is 278. The second-order valence-corrected chi connectivity index (χ2v) is 3.10. The van der Waals surface area contributed by atoms with Gasteiger partial charge >= 0.3 is 0 Å². The van der Waals surface area contributed by atoms with Crippen molar-refractivity contribution >= 4 is 0 Å². The van der Waals surface area contributed by atoms with Crippen molar-refractivity contribution in [1.82, 2.24) is 5.32 Å². The van der Waals surface area contributed by atoms with Crippen LogP contribution >= 0.6 is 0 Å². The molecule has 1 rings (SSSR count). The number of hydrogen-bond acceptors (Lipinski definition) is 2. The summed E-state index contributed by atoms with van der Waals surface area (Å²) in [6.45, 7) is 0.666. The lowest BCUT2D eigenvalue weighted by atomic mass is 10.1. The fourth-order valence-corrected chi connectivity index (χ4v) is 1.35. The number of benzene rings is 1. The molecule has 0 aliphatic carbocycles. The van der Waals surface area contributed by atoms with Crippen LogP contribution in [0.5, 0.6) is 5.75 Å². The van der Waals surface area contributed by atoms with E-state index in [-0.39, 0.29) is 0 Å². The fraction of sp³-hybridized carbons (Fsp3) is 0.455. The Kier molecular flexibility index (Phi) is 4.40. The van der Waals surface area contributed by atoms with Gasteiger partial charge in [0.25, 0.3) is 0 Å². The van der Waals surface area contributed by atoms with E-state index in [2.05, 4.69) is 5.32 Å². The summed E-state index contributed by atoms with van der Waals surface area (Å²) in [5.41, 5.74) is 0.630. The van der Waals surface area contributed by atoms with Crippen molar-refractivity contribution < 1.29 is 9.13 Å². The summed E-state index contributed by atoms with van der Waals surface area (Å²) < 4.78 is 18.7. The number of hydrogen-bond donors (Lipinski definition) is 1. The molecular formula is C11H16FNO. The van der Waals surface area contributed by atoms with Crippen molar-refractivity contribution in [2.45, 2.75) is 12.6 Å². The van der Waals surface area contributed by atoms with Gasteiger partial charge in [-0.2, -0.15) is 0 Å². The average molecular weight is 197 g/mol. The van der Waals surface area contributed by atoms with Crippen LogP contribution in [0.3, 0.4) is 0 Å². The van der Waals surface area contributed by atoms with E-state index < -0.39 is 6.17 Å². The largest absolute Gasteiger partial charge is 0.496 e. The van der Waals surface area contributed by atoms with Gasteiger partial charge in [-0.3, -0.25) is 0 Å². The van der Waals surface area contributed by atoms with E-state index in [1.54, 1.807) is 19.2 Å². The predicted octanol–water partition coefficient (Wildman–Crippen LogP) is 2.32. The van der Waals surface area contributed by atoms with Gasteiger partial charge in [-0.25, -0.2) is 4.39 Å². The third-order valence-electron chi connectivity index (χ3n) is 2.12. The molecule has 1 N–H and O–H groups in total. The van der Waals surface area contributed by atoms with Crippen LogP contribution in [0.2, 0.25) is 0 Å². The quantitative estimate of drug-likeness (QED) is 0.782. The van der Waals surface area contributed by atoms with Crippen LogP contribution in [0.15, 0.2) is 24.3 Å². The van der Waals surface area contributed by atoms with Crippen molar-refractivity contribution in [3.05, 3.63) is 29.8 Å². The molecule has 0 fully saturated rings. The van der Waals surface area contributed by atoms with Crippen molar-refractivity contribution in [1.29, 1.82) is 0 Å². The zero-order chi connectivity index (χ0) is 10.4. The maximum absolute atomic E-state index is 13.6. The van der Waals surface area contributed by atoms with Crippen molar-refractivity contribution in [2.24, 2.45) is 0 Å². The number of methoxy groups -OCH3 is 1. The number of alkyl halides is 1. The number of para-hydroxylation sites is 1. The Labute approximate surface area is 84.1 Å². The summed E-state index contributed by atoms with van der Waals surface area (Å²) >= 11 is 0. The average Bonchev–Trinajstić information content (AvgIpc) is 2.25. The van der Waals surface area contributed by atoms with Gasteiger partial charge in [0.2, 0.25) is 0 Å². The second-order valence-electron chi connectivity index (χ2n) is 3.10. The molecular weight excluding hydrogens is 181 g/mol. The summed E-state index contributed by atoms with van der Waals surface area (Å²) in [5.74, 6) is 0.621. The lowest BCUT2D eigenvalue weighted by Crippen LogP contribution is -2.10. The van der Waals surface area contributed by atoms with E-state index in [0.717, 1.165) is 0 Å². The summed E-state index contributed by atoms with van der Waals surface area (Å²) in [4.78, 5) is 0. The number of rotatable bonds is 5. The summed E-state index contributed by atoms with van der Waals surface area (Å²) in [6.07, 6.45) is -0.491. The van der Waals surface area contributed by atoms with E-state index in [1.165, 1.54) is 0 Å². The minimum atomic E-state index is -0.960. The standard InChI is InChI=1S/C11H16FNO/c1-13-8-7-10(12)9-5-3-4-6-11(9)14-2/h3-6,10,13H,7-8H2,1-2H3. The molecule has 0 heterocycles. The molecule has 1 aromatic carbocycles. The van der Waals surface area contributed by atoms with E-state index in [0.29, 0.717) is 24.3 Å². The van der Waals surface area contributed by atoms with Crippen molar-refractivity contribution in [3.63, 3.8) is 0 Å². The topological polar surface area (TPSA) is 21.3 Å². The molecule has 14 heavy (non-hydrogen) atoms. The highest BCUT2D eigenvalue weighted by atomic mass is 19.1. The highest BCUT2D eigenvalue weighted by Crippen LogP contribution is 2.29. The van der Waals surface area contributed by atoms with Gasteiger partial charge in [-0.1, -0.05) is 18.2 Å². The number of halogens is 1. The molecule has 0 spiro atoms. The number of nitrogens with one attached hydrogen (secondary N) is 1. The SMILES string of the molecule is CNCCC(F)c1ccccc1OC. The zero-order valence-electron chi connectivity index (χ0n) is 8.59. The van der Waals surface area contributed by atoms with Gasteiger partial charge < -0.3 is 10.1 Å². The highest BCUT2D eigenvalue weighted by molar-refractivity contribution is 5.34. The second kappa shape index (κ2) is 5.60. The molecule has 0 saturated heterocycles. The number of ether oxygens (including phenoxy) is 1. The minimum Gasteiger partial charge on any atom is -0.496 e. The fourth-order valence-electron chi connectivity index (χ4n) is 1.35. The summed E-state index contributed by atoms with van der Waals surface area (Å²) in [5, 5.41) is 2.93. The molecule has 3 heteroatoms. The first kappa shape index (κ1) is 11.0. The molecule has 1 atom stereocenters. The van der Waals surface area contributed by atoms with Crippen LogP contribution in [0.4, 0.5) is 4.39 Å². The van der Waals surface area contributed by atoms with Gasteiger partial charge in [0.15, 0.2) is 0 Å². The molecule has 1 aromatic rings. The molecule has 2 nitrogen and oxygen atoms in total. The molecule has 0 aliphatic heterocycles. The molecule has 0 amide bonds. The molecule has 0 aliphatic rings. The van der Waals surface area contributed by atoms with Crippen LogP contribution in [-0.2, 0) is 0 Å².